The van der Waals surface area contributed by atoms with Crippen molar-refractivity contribution in [1.82, 2.24) is 10.0 Å². The van der Waals surface area contributed by atoms with E-state index >= 15 is 0 Å². The van der Waals surface area contributed by atoms with Crippen LogP contribution in [0.3, 0.4) is 0 Å². The molecule has 100 valence electrons. The fourth-order valence-electron chi connectivity index (χ4n) is 1.67. The molecule has 1 atom stereocenters. The van der Waals surface area contributed by atoms with Crippen LogP contribution in [0.4, 0.5) is 0 Å². The highest BCUT2D eigenvalue weighted by molar-refractivity contribution is 6.30. The van der Waals surface area contributed by atoms with Gasteiger partial charge in [-0.2, -0.15) is 5.10 Å². The Hall–Kier alpha value is -1.30. The summed E-state index contributed by atoms with van der Waals surface area (Å²) >= 11 is 5.88. The number of hydrazone groups is 1. The molecular formula is C12H20ClN5. The van der Waals surface area contributed by atoms with Crippen molar-refractivity contribution in [1.29, 1.82) is 0 Å². The summed E-state index contributed by atoms with van der Waals surface area (Å²) in [4.78, 5) is 2.10. The van der Waals surface area contributed by atoms with Gasteiger partial charge in [0.2, 0.25) is 0 Å². The molecule has 1 unspecified atom stereocenters. The van der Waals surface area contributed by atoms with Gasteiger partial charge in [0, 0.05) is 5.02 Å². The van der Waals surface area contributed by atoms with Crippen molar-refractivity contribution in [2.75, 3.05) is 20.6 Å². The van der Waals surface area contributed by atoms with Crippen molar-refractivity contribution < 1.29 is 0 Å². The Labute approximate surface area is 113 Å². The number of hydrogen-bond acceptors (Lipinski definition) is 4. The standard InChI is InChI=1S/C12H20ClN5/c1-17(2)8-7-12(18(15)16-9-14)10-3-5-11(13)6-4-10/h3-6,9,12H,7-8,15H2,1-2H3,(H2,14,16). The van der Waals surface area contributed by atoms with Gasteiger partial charge in [-0.15, -0.1) is 0 Å². The zero-order valence-corrected chi connectivity index (χ0v) is 11.5. The van der Waals surface area contributed by atoms with Crippen LogP contribution in [0, 0.1) is 0 Å². The van der Waals surface area contributed by atoms with Crippen LogP contribution in [0.2, 0.25) is 5.02 Å². The minimum atomic E-state index is -0.0236. The maximum absolute atomic E-state index is 5.89. The first kappa shape index (κ1) is 14.8. The predicted octanol–water partition coefficient (Wildman–Crippen LogP) is 1.41. The molecule has 0 aliphatic carbocycles. The van der Waals surface area contributed by atoms with Gasteiger partial charge in [-0.1, -0.05) is 23.7 Å². The van der Waals surface area contributed by atoms with Crippen LogP contribution in [0.1, 0.15) is 18.0 Å². The molecule has 0 fully saturated rings. The van der Waals surface area contributed by atoms with Gasteiger partial charge in [0.05, 0.1) is 6.04 Å². The van der Waals surface area contributed by atoms with E-state index in [0.717, 1.165) is 18.5 Å². The molecule has 18 heavy (non-hydrogen) atoms. The molecule has 0 aliphatic rings. The minimum absolute atomic E-state index is 0.0236. The Bertz CT molecular complexity index is 377. The smallest absolute Gasteiger partial charge is 0.107 e. The van der Waals surface area contributed by atoms with Crippen LogP contribution >= 0.6 is 11.6 Å². The van der Waals surface area contributed by atoms with E-state index in [2.05, 4.69) is 10.0 Å². The first-order valence-electron chi connectivity index (χ1n) is 5.73. The molecular weight excluding hydrogens is 250 g/mol. The van der Waals surface area contributed by atoms with Gasteiger partial charge >= 0.3 is 0 Å². The first-order chi connectivity index (χ1) is 8.54. The van der Waals surface area contributed by atoms with Crippen LogP contribution in [0.25, 0.3) is 0 Å². The fourth-order valence-corrected chi connectivity index (χ4v) is 1.80. The molecule has 1 aromatic rings. The number of nitrogens with zero attached hydrogens (tertiary/aromatic N) is 3. The minimum Gasteiger partial charge on any atom is -0.388 e. The number of benzene rings is 1. The summed E-state index contributed by atoms with van der Waals surface area (Å²) in [7, 11) is 4.04. The second kappa shape index (κ2) is 7.20. The van der Waals surface area contributed by atoms with Crippen molar-refractivity contribution in [2.45, 2.75) is 12.5 Å². The van der Waals surface area contributed by atoms with E-state index in [4.69, 9.17) is 23.2 Å². The normalized spacial score (nSPS) is 13.2. The van der Waals surface area contributed by atoms with Gasteiger partial charge in [-0.3, -0.25) is 0 Å². The van der Waals surface area contributed by atoms with Crippen LogP contribution in [-0.2, 0) is 0 Å². The van der Waals surface area contributed by atoms with Gasteiger partial charge in [0.15, 0.2) is 0 Å². The molecule has 0 amide bonds. The van der Waals surface area contributed by atoms with Crippen LogP contribution in [0.15, 0.2) is 29.4 Å². The Balaban J connectivity index is 2.85. The van der Waals surface area contributed by atoms with Crippen molar-refractivity contribution in [3.05, 3.63) is 34.9 Å². The van der Waals surface area contributed by atoms with Gasteiger partial charge in [0.25, 0.3) is 0 Å². The SMILES string of the molecule is CN(C)CCC(c1ccc(Cl)cc1)N(N)/N=C\N. The van der Waals surface area contributed by atoms with Gasteiger partial charge in [-0.05, 0) is 44.8 Å². The zero-order valence-electron chi connectivity index (χ0n) is 10.8. The van der Waals surface area contributed by atoms with Crippen LogP contribution in [-0.4, -0.2) is 37.0 Å². The molecule has 0 spiro atoms. The van der Waals surface area contributed by atoms with E-state index in [-0.39, 0.29) is 6.04 Å². The third kappa shape index (κ3) is 4.52. The predicted molar refractivity (Wildman–Crippen MR) is 76.1 cm³/mol. The molecule has 0 aromatic heterocycles. The molecule has 0 aliphatic heterocycles. The van der Waals surface area contributed by atoms with Crippen molar-refractivity contribution >= 4 is 17.9 Å². The molecule has 0 bridgehead atoms. The number of hydrazine groups is 1. The molecule has 4 N–H and O–H groups in total. The van der Waals surface area contributed by atoms with Gasteiger partial charge < -0.3 is 10.6 Å². The molecule has 1 aromatic carbocycles. The molecule has 0 radical (unpaired) electrons. The number of halogens is 1. The summed E-state index contributed by atoms with van der Waals surface area (Å²) in [5.41, 5.74) is 6.34. The molecule has 5 nitrogen and oxygen atoms in total. The lowest BCUT2D eigenvalue weighted by atomic mass is 10.0. The summed E-state index contributed by atoms with van der Waals surface area (Å²) in [5.74, 6) is 5.89. The molecule has 0 heterocycles. The molecule has 0 saturated heterocycles. The molecule has 1 rings (SSSR count). The van der Waals surface area contributed by atoms with Gasteiger partial charge in [-0.25, -0.2) is 11.0 Å². The Morgan fingerprint density at radius 2 is 1.94 bits per heavy atom. The third-order valence-electron chi connectivity index (χ3n) is 2.62. The van der Waals surface area contributed by atoms with Crippen LogP contribution in [0.5, 0.6) is 0 Å². The maximum atomic E-state index is 5.89. The highest BCUT2D eigenvalue weighted by Crippen LogP contribution is 2.23. The number of rotatable bonds is 6. The van der Waals surface area contributed by atoms with E-state index in [1.54, 1.807) is 0 Å². The van der Waals surface area contributed by atoms with Crippen molar-refractivity contribution in [3.63, 3.8) is 0 Å². The summed E-state index contributed by atoms with van der Waals surface area (Å²) < 4.78 is 0. The zero-order chi connectivity index (χ0) is 13.5. The fraction of sp³-hybridized carbons (Fsp3) is 0.417. The summed E-state index contributed by atoms with van der Waals surface area (Å²) in [5, 5.41) is 6.00. The van der Waals surface area contributed by atoms with Crippen molar-refractivity contribution in [3.8, 4) is 0 Å². The topological polar surface area (TPSA) is 70.9 Å². The lowest BCUT2D eigenvalue weighted by Crippen LogP contribution is -2.33. The quantitative estimate of drug-likeness (QED) is 0.355. The lowest BCUT2D eigenvalue weighted by Gasteiger charge is -2.26. The van der Waals surface area contributed by atoms with E-state index in [1.165, 1.54) is 11.5 Å². The lowest BCUT2D eigenvalue weighted by molar-refractivity contribution is 0.187. The highest BCUT2D eigenvalue weighted by atomic mass is 35.5. The monoisotopic (exact) mass is 269 g/mol. The highest BCUT2D eigenvalue weighted by Gasteiger charge is 2.16. The average molecular weight is 270 g/mol. The second-order valence-corrected chi connectivity index (χ2v) is 4.74. The summed E-state index contributed by atoms with van der Waals surface area (Å²) in [6, 6.07) is 7.58. The molecule has 0 saturated carbocycles. The van der Waals surface area contributed by atoms with E-state index in [9.17, 15) is 0 Å². The average Bonchev–Trinajstić information content (AvgIpc) is 2.31. The van der Waals surface area contributed by atoms with E-state index < -0.39 is 0 Å². The maximum Gasteiger partial charge on any atom is 0.107 e. The number of hydrogen-bond donors (Lipinski definition) is 2. The van der Waals surface area contributed by atoms with E-state index in [0.29, 0.717) is 5.02 Å². The Morgan fingerprint density at radius 1 is 1.33 bits per heavy atom. The number of nitrogens with two attached hydrogens (primary N) is 2. The van der Waals surface area contributed by atoms with Crippen LogP contribution < -0.4 is 11.6 Å². The largest absolute Gasteiger partial charge is 0.388 e. The summed E-state index contributed by atoms with van der Waals surface area (Å²) in [6.45, 7) is 0.904. The summed E-state index contributed by atoms with van der Waals surface area (Å²) in [6.07, 6.45) is 2.04. The Morgan fingerprint density at radius 3 is 2.44 bits per heavy atom. The Kier molecular flexibility index (Phi) is 5.91. The third-order valence-corrected chi connectivity index (χ3v) is 2.88. The second-order valence-electron chi connectivity index (χ2n) is 4.30. The first-order valence-corrected chi connectivity index (χ1v) is 6.10. The van der Waals surface area contributed by atoms with Crippen molar-refractivity contribution in [2.24, 2.45) is 16.7 Å². The van der Waals surface area contributed by atoms with E-state index in [1.807, 2.05) is 38.4 Å². The molecule has 6 heteroatoms. The van der Waals surface area contributed by atoms with Gasteiger partial charge in [0.1, 0.15) is 6.34 Å².